The van der Waals surface area contributed by atoms with Gasteiger partial charge in [-0.05, 0) is 73.1 Å². The second-order valence-corrected chi connectivity index (χ2v) is 10.8. The number of carbonyl (C=O) groups excluding carboxylic acids is 1. The first-order chi connectivity index (χ1) is 23.4. The summed E-state index contributed by atoms with van der Waals surface area (Å²) >= 11 is 3.30. The molecule has 0 aromatic carbocycles. The number of aromatic carboxylic acids is 1. The van der Waals surface area contributed by atoms with Crippen LogP contribution in [0, 0.1) is 20.8 Å². The smallest absolute Gasteiger partial charge is 0.356 e. The van der Waals surface area contributed by atoms with Gasteiger partial charge in [0.25, 0.3) is 5.56 Å². The number of methoxy groups -OCH3 is 3. The SMILES string of the molecule is Br.C.C.C.COC(=O)c1ccc(-n2cnc(C)c2)c(OC)n1.COc1nc(Br)ccc1-n1cnc(C)c1.Cc1cn(-c2ccc(C(=O)O)[nH]c2=O)cn1. The van der Waals surface area contributed by atoms with Gasteiger partial charge in [-0.15, -0.1) is 17.0 Å². The Morgan fingerprint density at radius 3 is 1.53 bits per heavy atom. The van der Waals surface area contributed by atoms with Gasteiger partial charge < -0.3 is 38.0 Å². The molecule has 53 heavy (non-hydrogen) atoms. The Bertz CT molecular complexity index is 2140. The predicted molar refractivity (Wildman–Crippen MR) is 211 cm³/mol. The summed E-state index contributed by atoms with van der Waals surface area (Å²) in [5.41, 5.74) is 4.16. The predicted octanol–water partition coefficient (Wildman–Crippen LogP) is 6.77. The highest BCUT2D eigenvalue weighted by atomic mass is 79.9. The molecule has 0 aliphatic heterocycles. The lowest BCUT2D eigenvalue weighted by Gasteiger charge is -2.09. The van der Waals surface area contributed by atoms with Crippen molar-refractivity contribution < 1.29 is 28.9 Å². The van der Waals surface area contributed by atoms with Crippen LogP contribution in [-0.4, -0.2) is 82.0 Å². The van der Waals surface area contributed by atoms with Gasteiger partial charge in [-0.3, -0.25) is 4.79 Å². The van der Waals surface area contributed by atoms with Gasteiger partial charge in [-0.2, -0.15) is 0 Å². The van der Waals surface area contributed by atoms with E-state index in [0.717, 1.165) is 27.4 Å². The lowest BCUT2D eigenvalue weighted by atomic mass is 10.3. The number of imidazole rings is 3. The van der Waals surface area contributed by atoms with Gasteiger partial charge in [-0.25, -0.2) is 34.5 Å². The first kappa shape index (κ1) is 47.4. The number of esters is 1. The van der Waals surface area contributed by atoms with Gasteiger partial charge >= 0.3 is 11.9 Å². The van der Waals surface area contributed by atoms with Gasteiger partial charge in [-0.1, -0.05) is 22.3 Å². The van der Waals surface area contributed by atoms with Crippen LogP contribution in [0.25, 0.3) is 17.1 Å². The number of halogens is 2. The fourth-order valence-corrected chi connectivity index (χ4v) is 4.50. The van der Waals surface area contributed by atoms with Crippen molar-refractivity contribution in [2.75, 3.05) is 21.3 Å². The summed E-state index contributed by atoms with van der Waals surface area (Å²) in [7, 11) is 4.41. The molecule has 16 nitrogen and oxygen atoms in total. The van der Waals surface area contributed by atoms with Crippen LogP contribution in [-0.2, 0) is 4.74 Å². The number of ether oxygens (including phenoxy) is 3. The largest absolute Gasteiger partial charge is 0.479 e. The van der Waals surface area contributed by atoms with Gasteiger partial charge in [0.2, 0.25) is 11.8 Å². The maximum atomic E-state index is 11.6. The Hall–Kier alpha value is -5.62. The number of aromatic amines is 1. The number of hydrogen-bond acceptors (Lipinski definition) is 11. The number of H-pyrrole nitrogens is 1. The Morgan fingerprint density at radius 1 is 0.698 bits per heavy atom. The van der Waals surface area contributed by atoms with Gasteiger partial charge in [0.05, 0.1) is 57.4 Å². The minimum Gasteiger partial charge on any atom is -0.479 e. The van der Waals surface area contributed by atoms with Crippen LogP contribution in [0.2, 0.25) is 0 Å². The summed E-state index contributed by atoms with van der Waals surface area (Å²) in [5, 5.41) is 8.69. The van der Waals surface area contributed by atoms with Crippen molar-refractivity contribution in [3.05, 3.63) is 117 Å². The number of nitrogens with zero attached hydrogens (tertiary/aromatic N) is 8. The summed E-state index contributed by atoms with van der Waals surface area (Å²) in [6.45, 7) is 5.63. The number of rotatable bonds is 7. The van der Waals surface area contributed by atoms with Crippen LogP contribution in [0.3, 0.4) is 0 Å². The quantitative estimate of drug-likeness (QED) is 0.127. The van der Waals surface area contributed by atoms with E-state index in [9.17, 15) is 14.4 Å². The maximum Gasteiger partial charge on any atom is 0.356 e. The minimum absolute atomic E-state index is 0. The fourth-order valence-electron chi connectivity index (χ4n) is 4.21. The third-order valence-corrected chi connectivity index (χ3v) is 6.96. The van der Waals surface area contributed by atoms with Crippen molar-refractivity contribution in [3.8, 4) is 28.8 Å². The third kappa shape index (κ3) is 12.2. The number of pyridine rings is 3. The molecule has 6 rings (SSSR count). The standard InChI is InChI=1S/C12H13N3O3.C10H10BrN3O.C10H9N3O3.3CH4.BrH/c1-8-6-15(7-13-8)10-5-4-9(12(16)18-3)14-11(10)17-2;1-7-5-14(6-12-7)8-3-4-9(11)13-10(8)15-2;1-6-4-13(5-11-6)8-3-2-7(10(15)16)12-9(8)14;;;;/h4-7H,1-3H3;3-6H,1-2H3;2-5H,1H3,(H,12,14)(H,15,16);3*1H4;1H. The van der Waals surface area contributed by atoms with Crippen LogP contribution in [0.1, 0.15) is 60.3 Å². The van der Waals surface area contributed by atoms with E-state index in [4.69, 9.17) is 14.6 Å². The van der Waals surface area contributed by atoms with Crippen LogP contribution < -0.4 is 15.0 Å². The number of aryl methyl sites for hydroxylation is 3. The third-order valence-electron chi connectivity index (χ3n) is 6.52. The minimum atomic E-state index is -1.16. The highest BCUT2D eigenvalue weighted by molar-refractivity contribution is 9.10. The van der Waals surface area contributed by atoms with Crippen molar-refractivity contribution in [1.82, 2.24) is 43.6 Å². The number of nitrogens with one attached hydrogen (secondary N) is 1. The average Bonchev–Trinajstić information content (AvgIpc) is 3.85. The highest BCUT2D eigenvalue weighted by Gasteiger charge is 2.14. The molecular weight excluding hydrogens is 818 g/mol. The van der Waals surface area contributed by atoms with Gasteiger partial charge in [0, 0.05) is 18.6 Å². The monoisotopic (exact) mass is 861 g/mol. The van der Waals surface area contributed by atoms with Crippen molar-refractivity contribution in [2.24, 2.45) is 0 Å². The number of aromatic nitrogens is 9. The summed E-state index contributed by atoms with van der Waals surface area (Å²) in [6.07, 6.45) is 10.4. The van der Waals surface area contributed by atoms with Crippen molar-refractivity contribution in [2.45, 2.75) is 43.1 Å². The second kappa shape index (κ2) is 21.7. The zero-order valence-electron chi connectivity index (χ0n) is 27.7. The van der Waals surface area contributed by atoms with Crippen LogP contribution in [0.5, 0.6) is 11.8 Å². The molecule has 0 amide bonds. The molecule has 0 saturated carbocycles. The van der Waals surface area contributed by atoms with E-state index in [1.165, 1.54) is 32.7 Å². The molecule has 6 aromatic heterocycles. The highest BCUT2D eigenvalue weighted by Crippen LogP contribution is 2.23. The molecule has 0 aliphatic rings. The molecular formula is C35H45Br2N9O7. The fraction of sp³-hybridized carbons (Fsp3) is 0.257. The lowest BCUT2D eigenvalue weighted by Crippen LogP contribution is -2.17. The summed E-state index contributed by atoms with van der Waals surface area (Å²) in [4.78, 5) is 56.5. The molecule has 0 bridgehead atoms. The van der Waals surface area contributed by atoms with Crippen molar-refractivity contribution in [1.29, 1.82) is 0 Å². The van der Waals surface area contributed by atoms with E-state index in [1.807, 2.05) is 42.9 Å². The van der Waals surface area contributed by atoms with Gasteiger partial charge in [0.15, 0.2) is 5.69 Å². The summed E-state index contributed by atoms with van der Waals surface area (Å²) in [5.74, 6) is -0.746. The second-order valence-electron chi connectivity index (χ2n) is 10.0. The Kier molecular flexibility index (Phi) is 19.4. The molecule has 6 heterocycles. The van der Waals surface area contributed by atoms with Crippen LogP contribution in [0.4, 0.5) is 0 Å². The maximum absolute atomic E-state index is 11.6. The molecule has 0 saturated heterocycles. The molecule has 0 radical (unpaired) electrons. The number of carboxylic acid groups (broad SMARTS) is 1. The Morgan fingerprint density at radius 2 is 1.13 bits per heavy atom. The molecule has 6 aromatic rings. The number of carbonyl (C=O) groups is 2. The number of carboxylic acids is 1. The Balaban J connectivity index is 0.000000740. The molecule has 0 aliphatic carbocycles. The van der Waals surface area contributed by atoms with E-state index in [0.29, 0.717) is 23.1 Å². The topological polar surface area (TPSA) is 194 Å². The molecule has 0 unspecified atom stereocenters. The van der Waals surface area contributed by atoms with E-state index >= 15 is 0 Å². The van der Waals surface area contributed by atoms with E-state index in [2.05, 4.69) is 50.6 Å². The molecule has 18 heteroatoms. The summed E-state index contributed by atoms with van der Waals surface area (Å²) in [6, 6.07) is 9.90. The van der Waals surface area contributed by atoms with E-state index in [-0.39, 0.29) is 50.6 Å². The average molecular weight is 864 g/mol. The number of hydrogen-bond donors (Lipinski definition) is 2. The first-order valence-corrected chi connectivity index (χ1v) is 15.1. The summed E-state index contributed by atoms with van der Waals surface area (Å²) < 4.78 is 20.9. The molecule has 286 valence electrons. The molecule has 0 fully saturated rings. The van der Waals surface area contributed by atoms with Crippen LogP contribution in [0.15, 0.2) is 83.4 Å². The zero-order valence-corrected chi connectivity index (χ0v) is 31.0. The molecule has 0 atom stereocenters. The van der Waals surface area contributed by atoms with Crippen molar-refractivity contribution in [3.63, 3.8) is 0 Å². The van der Waals surface area contributed by atoms with E-state index in [1.54, 1.807) is 54.2 Å². The normalized spacial score (nSPS) is 9.49. The Labute approximate surface area is 326 Å². The van der Waals surface area contributed by atoms with Crippen LogP contribution >= 0.6 is 32.9 Å². The molecule has 2 N–H and O–H groups in total. The van der Waals surface area contributed by atoms with Crippen molar-refractivity contribution >= 4 is 44.9 Å². The first-order valence-electron chi connectivity index (χ1n) is 14.3. The zero-order chi connectivity index (χ0) is 35.7. The van der Waals surface area contributed by atoms with Gasteiger partial charge in [0.1, 0.15) is 27.4 Å². The van der Waals surface area contributed by atoms with E-state index < -0.39 is 17.5 Å². The molecule has 0 spiro atoms. The lowest BCUT2D eigenvalue weighted by molar-refractivity contribution is 0.0592.